The summed E-state index contributed by atoms with van der Waals surface area (Å²) in [7, 11) is 0. The number of thioether (sulfide) groups is 2. The molecule has 110 valence electrons. The zero-order chi connectivity index (χ0) is 15.4. The van der Waals surface area contributed by atoms with Crippen molar-refractivity contribution in [2.45, 2.75) is 11.5 Å². The van der Waals surface area contributed by atoms with Gasteiger partial charge in [0.25, 0.3) is 0 Å². The molecule has 0 unspecified atom stereocenters. The lowest BCUT2D eigenvalue weighted by molar-refractivity contribution is 0.402. The Morgan fingerprint density at radius 2 is 1.05 bits per heavy atom. The Kier molecular flexibility index (Phi) is 5.69. The highest BCUT2D eigenvalue weighted by atomic mass is 32.2. The van der Waals surface area contributed by atoms with Gasteiger partial charge in [0.05, 0.1) is 0 Å². The van der Waals surface area contributed by atoms with Crippen molar-refractivity contribution in [3.63, 3.8) is 0 Å². The van der Waals surface area contributed by atoms with Crippen LogP contribution in [0.1, 0.15) is 11.1 Å². The first-order valence-electron chi connectivity index (χ1n) is 5.03. The van der Waals surface area contributed by atoms with Crippen molar-refractivity contribution >= 4 is 33.9 Å². The molecule has 0 aromatic heterocycles. The minimum atomic E-state index is -1.92. The van der Waals surface area contributed by atoms with E-state index < -0.39 is 34.4 Å². The van der Waals surface area contributed by atoms with Crippen LogP contribution in [0.3, 0.4) is 0 Å². The van der Waals surface area contributed by atoms with Gasteiger partial charge in [-0.2, -0.15) is 0 Å². The van der Waals surface area contributed by atoms with E-state index in [1.165, 1.54) is 0 Å². The zero-order valence-electron chi connectivity index (χ0n) is 9.90. The molecule has 0 aliphatic rings. The molecule has 0 aliphatic heterocycles. The van der Waals surface area contributed by atoms with Crippen molar-refractivity contribution in [1.82, 2.24) is 0 Å². The molecule has 0 saturated heterocycles. The van der Waals surface area contributed by atoms with Crippen LogP contribution in [0.5, 0.6) is 0 Å². The molecule has 6 N–H and O–H groups in total. The Morgan fingerprint density at radius 3 is 1.30 bits per heavy atom. The van der Waals surface area contributed by atoms with Crippen molar-refractivity contribution < 1.29 is 17.6 Å². The lowest BCUT2D eigenvalue weighted by atomic mass is 10.1. The molecule has 10 heteroatoms. The van der Waals surface area contributed by atoms with Crippen molar-refractivity contribution in [3.05, 3.63) is 34.4 Å². The second-order valence-electron chi connectivity index (χ2n) is 3.52. The molecule has 0 spiro atoms. The van der Waals surface area contributed by atoms with E-state index in [0.717, 1.165) is 0 Å². The van der Waals surface area contributed by atoms with E-state index >= 15 is 0 Å². The number of benzene rings is 1. The molecular formula is C10H10F4N4S2. The third-order valence-corrected chi connectivity index (χ3v) is 3.70. The lowest BCUT2D eigenvalue weighted by Crippen LogP contribution is -2.12. The Balaban J connectivity index is 3.28. The molecule has 0 saturated carbocycles. The first-order valence-corrected chi connectivity index (χ1v) is 7.00. The fraction of sp³-hybridized carbons (Fsp3) is 0.200. The van der Waals surface area contributed by atoms with Gasteiger partial charge in [0.1, 0.15) is 0 Å². The van der Waals surface area contributed by atoms with Gasteiger partial charge in [-0.15, -0.1) is 0 Å². The average molecular weight is 326 g/mol. The van der Waals surface area contributed by atoms with Gasteiger partial charge in [0.2, 0.25) is 0 Å². The van der Waals surface area contributed by atoms with Crippen molar-refractivity contribution in [1.29, 1.82) is 10.8 Å². The molecule has 0 heterocycles. The summed E-state index contributed by atoms with van der Waals surface area (Å²) in [5.74, 6) is -7.56. The number of halogens is 4. The highest BCUT2D eigenvalue weighted by molar-refractivity contribution is 8.13. The molecular weight excluding hydrogens is 316 g/mol. The number of nitrogens with two attached hydrogens (primary N) is 2. The quantitative estimate of drug-likeness (QED) is 0.224. The van der Waals surface area contributed by atoms with Crippen LogP contribution in [0, 0.1) is 34.1 Å². The molecule has 0 radical (unpaired) electrons. The first-order chi connectivity index (χ1) is 9.25. The maximum absolute atomic E-state index is 13.7. The van der Waals surface area contributed by atoms with Gasteiger partial charge in [0, 0.05) is 22.6 Å². The fourth-order valence-electron chi connectivity index (χ4n) is 1.32. The van der Waals surface area contributed by atoms with Gasteiger partial charge in [-0.1, -0.05) is 23.5 Å². The van der Waals surface area contributed by atoms with Crippen LogP contribution in [0.2, 0.25) is 0 Å². The van der Waals surface area contributed by atoms with Crippen LogP contribution in [0.15, 0.2) is 0 Å². The van der Waals surface area contributed by atoms with E-state index in [9.17, 15) is 17.6 Å². The summed E-state index contributed by atoms with van der Waals surface area (Å²) in [6.45, 7) is 0. The SMILES string of the molecule is N=C(N)SCc1c(F)c(F)c(F)c(F)c1CSC(=N)N. The van der Waals surface area contributed by atoms with Crippen molar-refractivity contribution in [3.8, 4) is 0 Å². The normalized spacial score (nSPS) is 10.6. The van der Waals surface area contributed by atoms with Gasteiger partial charge in [-0.05, 0) is 0 Å². The monoisotopic (exact) mass is 326 g/mol. The van der Waals surface area contributed by atoms with Gasteiger partial charge >= 0.3 is 0 Å². The van der Waals surface area contributed by atoms with Crippen LogP contribution in [0.4, 0.5) is 17.6 Å². The Bertz CT molecular complexity index is 516. The summed E-state index contributed by atoms with van der Waals surface area (Å²) in [5.41, 5.74) is 9.27. The second kappa shape index (κ2) is 6.84. The third-order valence-electron chi connectivity index (χ3n) is 2.22. The van der Waals surface area contributed by atoms with Gasteiger partial charge in [0.15, 0.2) is 33.6 Å². The Labute approximate surface area is 120 Å². The standard InChI is InChI=1S/C10H10F4N4S2/c11-5-3(1-19-9(15)16)4(2-20-10(17)18)6(12)8(14)7(5)13/h1-2H2,(H3,15,16)(H3,17,18). The molecule has 0 bridgehead atoms. The van der Waals surface area contributed by atoms with Crippen molar-refractivity contribution in [2.75, 3.05) is 0 Å². The van der Waals surface area contributed by atoms with Crippen LogP contribution >= 0.6 is 23.5 Å². The number of hydrogen-bond acceptors (Lipinski definition) is 4. The largest absolute Gasteiger partial charge is 0.379 e. The smallest absolute Gasteiger partial charge is 0.197 e. The maximum Gasteiger partial charge on any atom is 0.197 e. The van der Waals surface area contributed by atoms with Gasteiger partial charge in [-0.25, -0.2) is 17.6 Å². The number of nitrogens with one attached hydrogen (secondary N) is 2. The summed E-state index contributed by atoms with van der Waals surface area (Å²) in [5, 5.41) is 13.3. The molecule has 4 nitrogen and oxygen atoms in total. The van der Waals surface area contributed by atoms with E-state index in [4.69, 9.17) is 22.3 Å². The topological polar surface area (TPSA) is 99.7 Å². The Hall–Kier alpha value is -1.42. The maximum atomic E-state index is 13.7. The minimum Gasteiger partial charge on any atom is -0.379 e. The summed E-state index contributed by atoms with van der Waals surface area (Å²) >= 11 is 1.28. The number of rotatable bonds is 4. The molecule has 1 rings (SSSR count). The molecule has 0 amide bonds. The van der Waals surface area contributed by atoms with Crippen molar-refractivity contribution in [2.24, 2.45) is 11.5 Å². The minimum absolute atomic E-state index is 0.330. The zero-order valence-corrected chi connectivity index (χ0v) is 11.5. The van der Waals surface area contributed by atoms with Crippen LogP contribution in [-0.2, 0) is 11.5 Å². The first kappa shape index (κ1) is 16.6. The molecule has 0 atom stereocenters. The summed E-state index contributed by atoms with van der Waals surface area (Å²) < 4.78 is 53.7. The molecule has 1 aromatic carbocycles. The van der Waals surface area contributed by atoms with Crippen LogP contribution in [0.25, 0.3) is 0 Å². The molecule has 20 heavy (non-hydrogen) atoms. The van der Waals surface area contributed by atoms with E-state index in [2.05, 4.69) is 0 Å². The van der Waals surface area contributed by atoms with Crippen LogP contribution in [-0.4, -0.2) is 10.3 Å². The fourth-order valence-corrected chi connectivity index (χ4v) is 2.52. The number of hydrogen-bond donors (Lipinski definition) is 4. The van der Waals surface area contributed by atoms with Crippen LogP contribution < -0.4 is 11.5 Å². The van der Waals surface area contributed by atoms with E-state index in [1.54, 1.807) is 0 Å². The predicted octanol–water partition coefficient (Wildman–Crippen LogP) is 2.50. The number of amidine groups is 2. The van der Waals surface area contributed by atoms with E-state index in [0.29, 0.717) is 23.5 Å². The van der Waals surface area contributed by atoms with Gasteiger partial charge < -0.3 is 11.5 Å². The summed E-state index contributed by atoms with van der Waals surface area (Å²) in [6.07, 6.45) is 0. The lowest BCUT2D eigenvalue weighted by Gasteiger charge is -2.12. The highest BCUT2D eigenvalue weighted by Crippen LogP contribution is 2.30. The van der Waals surface area contributed by atoms with E-state index in [1.807, 2.05) is 0 Å². The third kappa shape index (κ3) is 3.79. The Morgan fingerprint density at radius 1 is 0.750 bits per heavy atom. The second-order valence-corrected chi connectivity index (χ2v) is 5.55. The van der Waals surface area contributed by atoms with E-state index in [-0.39, 0.29) is 21.8 Å². The van der Waals surface area contributed by atoms with Gasteiger partial charge in [-0.3, -0.25) is 10.8 Å². The summed E-state index contributed by atoms with van der Waals surface area (Å²) in [6, 6.07) is 0. The molecule has 0 fully saturated rings. The molecule has 0 aliphatic carbocycles. The average Bonchev–Trinajstić information content (AvgIpc) is 2.37. The summed E-state index contributed by atoms with van der Waals surface area (Å²) in [4.78, 5) is 0. The highest BCUT2D eigenvalue weighted by Gasteiger charge is 2.25. The molecule has 1 aromatic rings. The predicted molar refractivity (Wildman–Crippen MR) is 72.7 cm³/mol.